The molecular weight excluding hydrogens is 413 g/mol. The number of benzene rings is 1. The summed E-state index contributed by atoms with van der Waals surface area (Å²) in [6.45, 7) is -0.0595. The molecule has 2 aliphatic heterocycles. The van der Waals surface area contributed by atoms with Gasteiger partial charge in [0.15, 0.2) is 0 Å². The number of carbonyl (C=O) groups is 1. The SMILES string of the molecule is O=C(NOC1CCN(S(=O)(=O)N2CCC(F)(F)CC2)CC1)Nc1ccc(F)cc1. The van der Waals surface area contributed by atoms with Gasteiger partial charge in [-0.1, -0.05) is 0 Å². The van der Waals surface area contributed by atoms with E-state index in [4.69, 9.17) is 4.84 Å². The zero-order chi connectivity index (χ0) is 21.1. The lowest BCUT2D eigenvalue weighted by molar-refractivity contribution is -0.0432. The molecule has 2 saturated heterocycles. The highest BCUT2D eigenvalue weighted by Gasteiger charge is 2.41. The number of hydrogen-bond acceptors (Lipinski definition) is 4. The zero-order valence-electron chi connectivity index (χ0n) is 15.6. The summed E-state index contributed by atoms with van der Waals surface area (Å²) in [6.07, 6.45) is -0.635. The maximum absolute atomic E-state index is 13.3. The number of hydroxylamine groups is 1. The highest BCUT2D eigenvalue weighted by Crippen LogP contribution is 2.30. The fourth-order valence-corrected chi connectivity index (χ4v) is 4.86. The summed E-state index contributed by atoms with van der Waals surface area (Å²) < 4.78 is 66.9. The summed E-state index contributed by atoms with van der Waals surface area (Å²) in [5, 5.41) is 2.48. The summed E-state index contributed by atoms with van der Waals surface area (Å²) in [4.78, 5) is 17.1. The number of piperidine rings is 2. The summed E-state index contributed by atoms with van der Waals surface area (Å²) in [7, 11) is -3.79. The second-order valence-electron chi connectivity index (χ2n) is 7.04. The Bertz CT molecular complexity index is 804. The van der Waals surface area contributed by atoms with Crippen molar-refractivity contribution in [1.29, 1.82) is 0 Å². The number of nitrogens with one attached hydrogen (secondary N) is 2. The van der Waals surface area contributed by atoms with Gasteiger partial charge in [-0.05, 0) is 37.1 Å². The van der Waals surface area contributed by atoms with Crippen molar-refractivity contribution >= 4 is 21.9 Å². The molecular formula is C17H23F3N4O4S. The molecule has 2 amide bonds. The van der Waals surface area contributed by atoms with Gasteiger partial charge in [-0.2, -0.15) is 17.0 Å². The normalized spacial score (nSPS) is 21.6. The molecule has 0 aliphatic carbocycles. The quantitative estimate of drug-likeness (QED) is 0.693. The molecule has 1 aromatic carbocycles. The molecule has 8 nitrogen and oxygen atoms in total. The number of halogens is 3. The van der Waals surface area contributed by atoms with Crippen molar-refractivity contribution in [3.63, 3.8) is 0 Å². The van der Waals surface area contributed by atoms with Crippen molar-refractivity contribution in [3.05, 3.63) is 30.1 Å². The van der Waals surface area contributed by atoms with Gasteiger partial charge >= 0.3 is 6.03 Å². The Kier molecular flexibility index (Phi) is 6.66. The van der Waals surface area contributed by atoms with Crippen molar-refractivity contribution in [2.45, 2.75) is 37.7 Å². The van der Waals surface area contributed by atoms with E-state index in [0.29, 0.717) is 18.5 Å². The van der Waals surface area contributed by atoms with Crippen molar-refractivity contribution in [2.75, 3.05) is 31.5 Å². The Labute approximate surface area is 167 Å². The topological polar surface area (TPSA) is 91.0 Å². The van der Waals surface area contributed by atoms with Crippen LogP contribution in [-0.4, -0.2) is 61.3 Å². The van der Waals surface area contributed by atoms with Crippen LogP contribution in [0.5, 0.6) is 0 Å². The number of hydrogen-bond donors (Lipinski definition) is 2. The van der Waals surface area contributed by atoms with Gasteiger partial charge in [-0.25, -0.2) is 23.4 Å². The number of urea groups is 1. The molecule has 2 fully saturated rings. The van der Waals surface area contributed by atoms with Gasteiger partial charge in [0.05, 0.1) is 6.10 Å². The summed E-state index contributed by atoms with van der Waals surface area (Å²) in [5.41, 5.74) is 2.63. The Morgan fingerprint density at radius 1 is 1.03 bits per heavy atom. The third-order valence-electron chi connectivity index (χ3n) is 4.93. The van der Waals surface area contributed by atoms with Crippen LogP contribution < -0.4 is 10.8 Å². The molecule has 0 unspecified atom stereocenters. The van der Waals surface area contributed by atoms with Crippen LogP contribution in [0, 0.1) is 5.82 Å². The van der Waals surface area contributed by atoms with E-state index in [2.05, 4.69) is 10.8 Å². The van der Waals surface area contributed by atoms with E-state index in [1.54, 1.807) is 0 Å². The first-order valence-corrected chi connectivity index (χ1v) is 10.7. The fourth-order valence-electron chi connectivity index (χ4n) is 3.21. The summed E-state index contributed by atoms with van der Waals surface area (Å²) in [6, 6.07) is 4.57. The second-order valence-corrected chi connectivity index (χ2v) is 8.97. The fraction of sp³-hybridized carbons (Fsp3) is 0.588. The van der Waals surface area contributed by atoms with Crippen molar-refractivity contribution in [2.24, 2.45) is 0 Å². The molecule has 2 N–H and O–H groups in total. The molecule has 2 heterocycles. The molecule has 0 atom stereocenters. The van der Waals surface area contributed by atoms with Crippen LogP contribution in [0.25, 0.3) is 0 Å². The lowest BCUT2D eigenvalue weighted by Crippen LogP contribution is -2.52. The Morgan fingerprint density at radius 2 is 1.59 bits per heavy atom. The average molecular weight is 436 g/mol. The van der Waals surface area contributed by atoms with Gasteiger partial charge in [0.2, 0.25) is 0 Å². The first-order chi connectivity index (χ1) is 13.7. The molecule has 0 saturated carbocycles. The standard InChI is InChI=1S/C17H23F3N4O4S/c18-13-1-3-14(4-2-13)21-16(25)22-28-15-5-9-23(10-6-15)29(26,27)24-11-7-17(19,20)8-12-24/h1-4,15H,5-12H2,(H2,21,22,25). The molecule has 0 aromatic heterocycles. The van der Waals surface area contributed by atoms with Crippen LogP contribution in [-0.2, 0) is 15.0 Å². The minimum absolute atomic E-state index is 0.168. The molecule has 162 valence electrons. The minimum atomic E-state index is -3.79. The largest absolute Gasteiger partial charge is 0.343 e. The van der Waals surface area contributed by atoms with Crippen molar-refractivity contribution < 1.29 is 31.2 Å². The maximum Gasteiger partial charge on any atom is 0.343 e. The van der Waals surface area contributed by atoms with E-state index in [9.17, 15) is 26.4 Å². The number of carbonyl (C=O) groups excluding carboxylic acids is 1. The predicted molar refractivity (Wildman–Crippen MR) is 98.9 cm³/mol. The van der Waals surface area contributed by atoms with Gasteiger partial charge < -0.3 is 5.32 Å². The van der Waals surface area contributed by atoms with Crippen molar-refractivity contribution in [1.82, 2.24) is 14.1 Å². The van der Waals surface area contributed by atoms with Gasteiger partial charge in [0.25, 0.3) is 16.1 Å². The van der Waals surface area contributed by atoms with E-state index in [0.717, 1.165) is 4.31 Å². The van der Waals surface area contributed by atoms with E-state index in [-0.39, 0.29) is 32.3 Å². The number of alkyl halides is 2. The molecule has 12 heteroatoms. The number of nitrogens with zero attached hydrogens (tertiary/aromatic N) is 2. The van der Waals surface area contributed by atoms with E-state index < -0.39 is 40.8 Å². The Balaban J connectivity index is 1.42. The zero-order valence-corrected chi connectivity index (χ0v) is 16.4. The Hall–Kier alpha value is -1.89. The van der Waals surface area contributed by atoms with Crippen LogP contribution in [0.4, 0.5) is 23.7 Å². The van der Waals surface area contributed by atoms with E-state index in [1.807, 2.05) is 0 Å². The molecule has 0 spiro atoms. The lowest BCUT2D eigenvalue weighted by Gasteiger charge is -2.37. The molecule has 1 aromatic rings. The van der Waals surface area contributed by atoms with Crippen molar-refractivity contribution in [3.8, 4) is 0 Å². The monoisotopic (exact) mass is 436 g/mol. The van der Waals surface area contributed by atoms with E-state index in [1.165, 1.54) is 28.6 Å². The smallest absolute Gasteiger partial charge is 0.306 e. The number of amides is 2. The predicted octanol–water partition coefficient (Wildman–Crippen LogP) is 2.32. The highest BCUT2D eigenvalue weighted by atomic mass is 32.2. The van der Waals surface area contributed by atoms with Gasteiger partial charge in [0, 0.05) is 44.7 Å². The average Bonchev–Trinajstić information content (AvgIpc) is 2.68. The lowest BCUT2D eigenvalue weighted by atomic mass is 10.1. The highest BCUT2D eigenvalue weighted by molar-refractivity contribution is 7.86. The van der Waals surface area contributed by atoms with Crippen LogP contribution in [0.2, 0.25) is 0 Å². The van der Waals surface area contributed by atoms with Crippen LogP contribution in [0.15, 0.2) is 24.3 Å². The number of rotatable bonds is 5. The third-order valence-corrected chi connectivity index (χ3v) is 6.96. The molecule has 2 aliphatic rings. The summed E-state index contributed by atoms with van der Waals surface area (Å²) in [5.74, 6) is -3.24. The molecule has 3 rings (SSSR count). The van der Waals surface area contributed by atoms with Gasteiger partial charge in [-0.3, -0.25) is 4.84 Å². The third kappa shape index (κ3) is 5.81. The first kappa shape index (κ1) is 21.8. The molecule has 0 bridgehead atoms. The number of anilines is 1. The molecule has 29 heavy (non-hydrogen) atoms. The summed E-state index contributed by atoms with van der Waals surface area (Å²) >= 11 is 0. The maximum atomic E-state index is 13.3. The molecule has 0 radical (unpaired) electrons. The van der Waals surface area contributed by atoms with Crippen LogP contribution in [0.3, 0.4) is 0 Å². The first-order valence-electron chi connectivity index (χ1n) is 9.27. The van der Waals surface area contributed by atoms with Gasteiger partial charge in [-0.15, -0.1) is 0 Å². The minimum Gasteiger partial charge on any atom is -0.306 e. The van der Waals surface area contributed by atoms with Crippen LogP contribution >= 0.6 is 0 Å². The Morgan fingerprint density at radius 3 is 2.17 bits per heavy atom. The van der Waals surface area contributed by atoms with E-state index >= 15 is 0 Å². The second kappa shape index (κ2) is 8.86. The van der Waals surface area contributed by atoms with Crippen LogP contribution in [0.1, 0.15) is 25.7 Å². The van der Waals surface area contributed by atoms with Gasteiger partial charge in [0.1, 0.15) is 5.82 Å².